The minimum absolute atomic E-state index is 0.110. The van der Waals surface area contributed by atoms with Gasteiger partial charge in [0, 0.05) is 18.5 Å². The number of aryl methyl sites for hydroxylation is 1. The lowest BCUT2D eigenvalue weighted by Crippen LogP contribution is -2.34. The number of halogens is 1. The predicted molar refractivity (Wildman–Crippen MR) is 102 cm³/mol. The first-order valence-electron chi connectivity index (χ1n) is 8.23. The number of carbonyl (C=O) groups excluding carboxylic acids is 1. The maximum Gasteiger partial charge on any atom is 0.271 e. The zero-order valence-electron chi connectivity index (χ0n) is 14.9. The Morgan fingerprint density at radius 3 is 2.65 bits per heavy atom. The molecule has 3 rings (SSSR count). The highest BCUT2D eigenvalue weighted by Gasteiger charge is 2.19. The predicted octanol–water partition coefficient (Wildman–Crippen LogP) is 3.32. The summed E-state index contributed by atoms with van der Waals surface area (Å²) in [4.78, 5) is 15.8. The highest BCUT2D eigenvalue weighted by atomic mass is 32.1. The largest absolute Gasteiger partial charge is 0.349 e. The van der Waals surface area contributed by atoms with Gasteiger partial charge in [0.1, 0.15) is 5.82 Å². The van der Waals surface area contributed by atoms with Gasteiger partial charge in [-0.1, -0.05) is 6.07 Å². The van der Waals surface area contributed by atoms with E-state index in [-0.39, 0.29) is 17.8 Å². The van der Waals surface area contributed by atoms with E-state index in [1.54, 1.807) is 41.3 Å². The Balaban J connectivity index is 1.72. The molecule has 0 aliphatic rings. The Morgan fingerprint density at radius 2 is 2.04 bits per heavy atom. The number of hydrogen-bond donors (Lipinski definition) is 1. The molecule has 1 unspecified atom stereocenters. The van der Waals surface area contributed by atoms with E-state index in [9.17, 15) is 9.18 Å². The second-order valence-electron chi connectivity index (χ2n) is 6.25. The molecular weight excluding hydrogens is 351 g/mol. The SMILES string of the molecule is CN(C)C(CNC(=O)c1cc(-c2ccc(F)cc2)n(C)n1)c1cccs1. The normalized spacial score (nSPS) is 12.3. The zero-order valence-corrected chi connectivity index (χ0v) is 15.8. The third-order valence-electron chi connectivity index (χ3n) is 4.20. The second kappa shape index (κ2) is 7.80. The van der Waals surface area contributed by atoms with Crippen LogP contribution < -0.4 is 5.32 Å². The van der Waals surface area contributed by atoms with Gasteiger partial charge in [0.05, 0.1) is 11.7 Å². The highest BCUT2D eigenvalue weighted by molar-refractivity contribution is 7.10. The smallest absolute Gasteiger partial charge is 0.271 e. The number of thiophene rings is 1. The molecule has 1 N–H and O–H groups in total. The molecule has 5 nitrogen and oxygen atoms in total. The van der Waals surface area contributed by atoms with Crippen LogP contribution in [0.1, 0.15) is 21.4 Å². The van der Waals surface area contributed by atoms with Crippen molar-refractivity contribution in [3.63, 3.8) is 0 Å². The van der Waals surface area contributed by atoms with Crippen molar-refractivity contribution in [3.05, 3.63) is 64.2 Å². The van der Waals surface area contributed by atoms with Gasteiger partial charge in [0.25, 0.3) is 5.91 Å². The van der Waals surface area contributed by atoms with Gasteiger partial charge in [0.2, 0.25) is 0 Å². The summed E-state index contributed by atoms with van der Waals surface area (Å²) >= 11 is 1.67. The van der Waals surface area contributed by atoms with Gasteiger partial charge in [-0.25, -0.2) is 4.39 Å². The van der Waals surface area contributed by atoms with E-state index >= 15 is 0 Å². The molecule has 0 spiro atoms. The van der Waals surface area contributed by atoms with E-state index in [1.165, 1.54) is 17.0 Å². The van der Waals surface area contributed by atoms with Crippen LogP contribution in [0.5, 0.6) is 0 Å². The molecule has 0 radical (unpaired) electrons. The molecule has 2 aromatic heterocycles. The lowest BCUT2D eigenvalue weighted by Gasteiger charge is -2.23. The number of rotatable bonds is 6. The summed E-state index contributed by atoms with van der Waals surface area (Å²) in [5, 5.41) is 9.28. The van der Waals surface area contributed by atoms with Crippen LogP contribution in [0.3, 0.4) is 0 Å². The number of benzene rings is 1. The molecule has 3 aromatic rings. The van der Waals surface area contributed by atoms with Gasteiger partial charge < -0.3 is 10.2 Å². The monoisotopic (exact) mass is 372 g/mol. The molecule has 2 heterocycles. The van der Waals surface area contributed by atoms with Gasteiger partial charge in [-0.05, 0) is 61.4 Å². The van der Waals surface area contributed by atoms with Gasteiger partial charge in [-0.15, -0.1) is 11.3 Å². The molecule has 0 saturated heterocycles. The lowest BCUT2D eigenvalue weighted by molar-refractivity contribution is 0.0936. The fourth-order valence-corrected chi connectivity index (χ4v) is 3.69. The summed E-state index contributed by atoms with van der Waals surface area (Å²) in [6, 6.07) is 12.0. The summed E-state index contributed by atoms with van der Waals surface area (Å²) in [7, 11) is 5.75. The minimum atomic E-state index is -0.294. The van der Waals surface area contributed by atoms with Crippen molar-refractivity contribution in [1.82, 2.24) is 20.0 Å². The molecule has 1 aromatic carbocycles. The van der Waals surface area contributed by atoms with Gasteiger partial charge in [0.15, 0.2) is 5.69 Å². The fraction of sp³-hybridized carbons (Fsp3) is 0.263. The first-order chi connectivity index (χ1) is 12.5. The van der Waals surface area contributed by atoms with Crippen LogP contribution in [0.25, 0.3) is 11.3 Å². The van der Waals surface area contributed by atoms with Crippen LogP contribution in [0.4, 0.5) is 4.39 Å². The third-order valence-corrected chi connectivity index (χ3v) is 5.18. The van der Waals surface area contributed by atoms with E-state index in [0.29, 0.717) is 12.2 Å². The summed E-state index contributed by atoms with van der Waals surface area (Å²) in [5.74, 6) is -0.519. The maximum absolute atomic E-state index is 13.1. The average Bonchev–Trinajstić information content (AvgIpc) is 3.25. The first-order valence-corrected chi connectivity index (χ1v) is 9.11. The Kier molecular flexibility index (Phi) is 5.49. The van der Waals surface area contributed by atoms with E-state index in [2.05, 4.69) is 21.4 Å². The Morgan fingerprint density at radius 1 is 1.31 bits per heavy atom. The van der Waals surface area contributed by atoms with E-state index in [1.807, 2.05) is 25.5 Å². The molecule has 26 heavy (non-hydrogen) atoms. The van der Waals surface area contributed by atoms with Crippen molar-refractivity contribution in [3.8, 4) is 11.3 Å². The standard InChI is InChI=1S/C19H21FN4OS/c1-23(2)17(18-5-4-10-26-18)12-21-19(25)15-11-16(24(3)22-15)13-6-8-14(20)9-7-13/h4-11,17H,12H2,1-3H3,(H,21,25). The quantitative estimate of drug-likeness (QED) is 0.722. The summed E-state index contributed by atoms with van der Waals surface area (Å²) in [6.07, 6.45) is 0. The van der Waals surface area contributed by atoms with Crippen LogP contribution >= 0.6 is 11.3 Å². The van der Waals surface area contributed by atoms with Crippen molar-refractivity contribution >= 4 is 17.2 Å². The molecular formula is C19H21FN4OS. The summed E-state index contributed by atoms with van der Waals surface area (Å²) in [6.45, 7) is 0.495. The van der Waals surface area contributed by atoms with E-state index < -0.39 is 0 Å². The fourth-order valence-electron chi connectivity index (χ4n) is 2.77. The number of likely N-dealkylation sites (N-methyl/N-ethyl adjacent to an activating group) is 1. The second-order valence-corrected chi connectivity index (χ2v) is 7.23. The maximum atomic E-state index is 13.1. The molecule has 0 aliphatic heterocycles. The average molecular weight is 372 g/mol. The number of aromatic nitrogens is 2. The Labute approximate surface area is 156 Å². The highest BCUT2D eigenvalue weighted by Crippen LogP contribution is 2.23. The molecule has 136 valence electrons. The minimum Gasteiger partial charge on any atom is -0.349 e. The lowest BCUT2D eigenvalue weighted by atomic mass is 10.1. The third kappa shape index (κ3) is 4.00. The van der Waals surface area contributed by atoms with E-state index in [0.717, 1.165) is 11.3 Å². The van der Waals surface area contributed by atoms with Crippen molar-refractivity contribution in [2.75, 3.05) is 20.6 Å². The summed E-state index contributed by atoms with van der Waals surface area (Å²) < 4.78 is 14.7. The van der Waals surface area contributed by atoms with Gasteiger partial charge in [-0.3, -0.25) is 9.48 Å². The Hall–Kier alpha value is -2.51. The van der Waals surface area contributed by atoms with Crippen LogP contribution in [-0.4, -0.2) is 41.2 Å². The number of carbonyl (C=O) groups is 1. The first kappa shape index (κ1) is 18.3. The van der Waals surface area contributed by atoms with Crippen molar-refractivity contribution < 1.29 is 9.18 Å². The van der Waals surface area contributed by atoms with Crippen molar-refractivity contribution in [1.29, 1.82) is 0 Å². The zero-order chi connectivity index (χ0) is 18.7. The topological polar surface area (TPSA) is 50.2 Å². The number of hydrogen-bond acceptors (Lipinski definition) is 4. The number of nitrogens with zero attached hydrogens (tertiary/aromatic N) is 3. The molecule has 1 amide bonds. The number of nitrogens with one attached hydrogen (secondary N) is 1. The van der Waals surface area contributed by atoms with Crippen LogP contribution in [0.15, 0.2) is 47.8 Å². The van der Waals surface area contributed by atoms with Crippen molar-refractivity contribution in [2.45, 2.75) is 6.04 Å². The molecule has 0 aliphatic carbocycles. The summed E-state index contributed by atoms with van der Waals surface area (Å²) in [5.41, 5.74) is 1.92. The molecule has 0 bridgehead atoms. The van der Waals surface area contributed by atoms with Gasteiger partial charge in [-0.2, -0.15) is 5.10 Å². The molecule has 0 saturated carbocycles. The van der Waals surface area contributed by atoms with Crippen LogP contribution in [0.2, 0.25) is 0 Å². The van der Waals surface area contributed by atoms with Crippen molar-refractivity contribution in [2.24, 2.45) is 7.05 Å². The number of amides is 1. The van der Waals surface area contributed by atoms with Crippen LogP contribution in [-0.2, 0) is 7.05 Å². The van der Waals surface area contributed by atoms with Crippen LogP contribution in [0, 0.1) is 5.82 Å². The molecule has 0 fully saturated rings. The Bertz CT molecular complexity index is 872. The molecule has 1 atom stereocenters. The molecule has 7 heteroatoms. The van der Waals surface area contributed by atoms with Gasteiger partial charge >= 0.3 is 0 Å². The van der Waals surface area contributed by atoms with E-state index in [4.69, 9.17) is 0 Å².